The Kier molecular flexibility index (Phi) is 4.50. The molecular weight excluding hydrogens is 334 g/mol. The molecule has 6 nitrogen and oxygen atoms in total. The number of hydrogen-bond donors (Lipinski definition) is 1. The highest BCUT2D eigenvalue weighted by molar-refractivity contribution is 7.16. The molecule has 0 bridgehead atoms. The van der Waals surface area contributed by atoms with Crippen LogP contribution in [0, 0.1) is 0 Å². The third-order valence-corrected chi connectivity index (χ3v) is 5.10. The number of fused-ring (bicyclic) bond motifs is 1. The Bertz CT molecular complexity index is 840. The van der Waals surface area contributed by atoms with Gasteiger partial charge < -0.3 is 15.0 Å². The second kappa shape index (κ2) is 6.93. The van der Waals surface area contributed by atoms with Gasteiger partial charge in [-0.25, -0.2) is 15.0 Å². The predicted octanol–water partition coefficient (Wildman–Crippen LogP) is 3.31. The van der Waals surface area contributed by atoms with Crippen molar-refractivity contribution in [3.63, 3.8) is 0 Å². The number of ether oxygens (including phenoxy) is 1. The first-order valence-electron chi connectivity index (χ1n) is 8.46. The highest BCUT2D eigenvalue weighted by Crippen LogP contribution is 2.24. The maximum atomic E-state index is 5.79. The van der Waals surface area contributed by atoms with E-state index in [1.54, 1.807) is 17.7 Å². The lowest BCUT2D eigenvalue weighted by molar-refractivity contribution is -0.00545. The van der Waals surface area contributed by atoms with Gasteiger partial charge in [0.15, 0.2) is 0 Å². The Morgan fingerprint density at radius 1 is 1.16 bits per heavy atom. The normalized spacial score (nSPS) is 20.8. The Labute approximate surface area is 150 Å². The first kappa shape index (κ1) is 16.2. The van der Waals surface area contributed by atoms with E-state index in [9.17, 15) is 0 Å². The summed E-state index contributed by atoms with van der Waals surface area (Å²) < 4.78 is 5.79. The van der Waals surface area contributed by atoms with Crippen LogP contribution in [0.1, 0.15) is 19.4 Å². The van der Waals surface area contributed by atoms with E-state index in [0.29, 0.717) is 6.54 Å². The van der Waals surface area contributed by atoms with Gasteiger partial charge in [-0.3, -0.25) is 0 Å². The number of nitrogens with one attached hydrogen (secondary N) is 1. The third kappa shape index (κ3) is 3.57. The number of pyridine rings is 1. The molecule has 4 heterocycles. The maximum Gasteiger partial charge on any atom is 0.138 e. The molecule has 1 N–H and O–H groups in total. The molecule has 3 aromatic heterocycles. The summed E-state index contributed by atoms with van der Waals surface area (Å²) in [6, 6.07) is 6.25. The maximum absolute atomic E-state index is 5.79. The summed E-state index contributed by atoms with van der Waals surface area (Å²) in [6.45, 7) is 6.66. The molecule has 0 saturated carbocycles. The van der Waals surface area contributed by atoms with Gasteiger partial charge in [-0.2, -0.15) is 0 Å². The fourth-order valence-electron chi connectivity index (χ4n) is 3.19. The van der Waals surface area contributed by atoms with Crippen molar-refractivity contribution < 1.29 is 4.74 Å². The molecule has 7 heteroatoms. The smallest absolute Gasteiger partial charge is 0.138 e. The zero-order valence-corrected chi connectivity index (χ0v) is 15.2. The fraction of sp³-hybridized carbons (Fsp3) is 0.389. The number of nitrogens with zero attached hydrogens (tertiary/aromatic N) is 4. The monoisotopic (exact) mass is 355 g/mol. The van der Waals surface area contributed by atoms with Gasteiger partial charge in [-0.15, -0.1) is 11.3 Å². The molecule has 2 unspecified atom stereocenters. The number of thiophene rings is 1. The van der Waals surface area contributed by atoms with E-state index in [-0.39, 0.29) is 12.2 Å². The molecular formula is C18H21N5OS. The van der Waals surface area contributed by atoms with Crippen molar-refractivity contribution >= 4 is 33.2 Å². The van der Waals surface area contributed by atoms with Gasteiger partial charge in [-0.1, -0.05) is 6.07 Å². The third-order valence-electron chi connectivity index (χ3n) is 4.27. The van der Waals surface area contributed by atoms with Crippen LogP contribution in [-0.4, -0.2) is 40.2 Å². The molecule has 130 valence electrons. The van der Waals surface area contributed by atoms with Crippen molar-refractivity contribution in [2.45, 2.75) is 32.6 Å². The molecule has 0 aromatic carbocycles. The first-order valence-corrected chi connectivity index (χ1v) is 9.34. The van der Waals surface area contributed by atoms with E-state index in [1.807, 2.05) is 17.6 Å². The highest BCUT2D eigenvalue weighted by atomic mass is 32.1. The summed E-state index contributed by atoms with van der Waals surface area (Å²) in [6.07, 6.45) is 4.00. The summed E-state index contributed by atoms with van der Waals surface area (Å²) in [4.78, 5) is 16.5. The molecule has 1 aliphatic heterocycles. The minimum atomic E-state index is 0.234. The number of anilines is 2. The summed E-state index contributed by atoms with van der Waals surface area (Å²) in [7, 11) is 0. The SMILES string of the molecule is CC1CN(c2ccc(CNc3ncnc4sccc34)cn2)CC(C)O1. The molecule has 4 rings (SSSR count). The summed E-state index contributed by atoms with van der Waals surface area (Å²) in [5.41, 5.74) is 1.13. The Morgan fingerprint density at radius 3 is 2.76 bits per heavy atom. The second-order valence-corrected chi connectivity index (χ2v) is 7.30. The summed E-state index contributed by atoms with van der Waals surface area (Å²) in [5.74, 6) is 1.87. The van der Waals surface area contributed by atoms with Crippen molar-refractivity contribution in [3.05, 3.63) is 41.7 Å². The van der Waals surface area contributed by atoms with Crippen LogP contribution < -0.4 is 10.2 Å². The largest absolute Gasteiger partial charge is 0.372 e. The average molecular weight is 355 g/mol. The summed E-state index contributed by atoms with van der Waals surface area (Å²) in [5, 5.41) is 6.48. The molecule has 0 amide bonds. The van der Waals surface area contributed by atoms with Gasteiger partial charge in [0, 0.05) is 25.8 Å². The van der Waals surface area contributed by atoms with Crippen LogP contribution in [0.2, 0.25) is 0 Å². The van der Waals surface area contributed by atoms with Gasteiger partial charge in [0.25, 0.3) is 0 Å². The molecule has 1 saturated heterocycles. The lowest BCUT2D eigenvalue weighted by Crippen LogP contribution is -2.45. The van der Waals surface area contributed by atoms with Crippen molar-refractivity contribution in [1.82, 2.24) is 15.0 Å². The lowest BCUT2D eigenvalue weighted by atomic mass is 10.2. The molecule has 2 atom stereocenters. The van der Waals surface area contributed by atoms with Crippen LogP contribution in [-0.2, 0) is 11.3 Å². The minimum Gasteiger partial charge on any atom is -0.372 e. The van der Waals surface area contributed by atoms with E-state index < -0.39 is 0 Å². The van der Waals surface area contributed by atoms with Crippen molar-refractivity contribution in [3.8, 4) is 0 Å². The van der Waals surface area contributed by atoms with Gasteiger partial charge in [0.1, 0.15) is 22.8 Å². The van der Waals surface area contributed by atoms with E-state index in [2.05, 4.69) is 51.1 Å². The van der Waals surface area contributed by atoms with Gasteiger partial charge in [-0.05, 0) is 36.9 Å². The summed E-state index contributed by atoms with van der Waals surface area (Å²) >= 11 is 1.62. The van der Waals surface area contributed by atoms with Gasteiger partial charge in [0.2, 0.25) is 0 Å². The number of rotatable bonds is 4. The number of hydrogen-bond acceptors (Lipinski definition) is 7. The Morgan fingerprint density at radius 2 is 2.00 bits per heavy atom. The van der Waals surface area contributed by atoms with Crippen LogP contribution in [0.5, 0.6) is 0 Å². The zero-order valence-electron chi connectivity index (χ0n) is 14.3. The number of aromatic nitrogens is 3. The molecule has 0 spiro atoms. The fourth-order valence-corrected chi connectivity index (χ4v) is 3.92. The topological polar surface area (TPSA) is 63.2 Å². The quantitative estimate of drug-likeness (QED) is 0.775. The predicted molar refractivity (Wildman–Crippen MR) is 101 cm³/mol. The Balaban J connectivity index is 1.43. The molecule has 0 aliphatic carbocycles. The van der Waals surface area contributed by atoms with Gasteiger partial charge >= 0.3 is 0 Å². The standard InChI is InChI=1S/C18H21N5OS/c1-12-9-23(10-13(2)24-12)16-4-3-14(7-19-16)8-20-17-15-5-6-25-18(15)22-11-21-17/h3-7,11-13H,8-10H2,1-2H3,(H,20,21,22). The first-order chi connectivity index (χ1) is 12.2. The minimum absolute atomic E-state index is 0.234. The molecule has 0 radical (unpaired) electrons. The van der Waals surface area contributed by atoms with E-state index in [1.165, 1.54) is 0 Å². The van der Waals surface area contributed by atoms with E-state index >= 15 is 0 Å². The van der Waals surface area contributed by atoms with Gasteiger partial charge in [0.05, 0.1) is 17.6 Å². The molecule has 1 fully saturated rings. The zero-order chi connectivity index (χ0) is 17.2. The van der Waals surface area contributed by atoms with Crippen LogP contribution in [0.4, 0.5) is 11.6 Å². The Hall–Kier alpha value is -2.25. The van der Waals surface area contributed by atoms with Crippen molar-refractivity contribution in [2.75, 3.05) is 23.3 Å². The molecule has 1 aliphatic rings. The average Bonchev–Trinajstić information content (AvgIpc) is 3.09. The van der Waals surface area contributed by atoms with Crippen LogP contribution in [0.3, 0.4) is 0 Å². The molecule has 25 heavy (non-hydrogen) atoms. The van der Waals surface area contributed by atoms with E-state index in [4.69, 9.17) is 4.74 Å². The second-order valence-electron chi connectivity index (χ2n) is 6.40. The van der Waals surface area contributed by atoms with Crippen molar-refractivity contribution in [2.24, 2.45) is 0 Å². The highest BCUT2D eigenvalue weighted by Gasteiger charge is 2.22. The van der Waals surface area contributed by atoms with Crippen molar-refractivity contribution in [1.29, 1.82) is 0 Å². The van der Waals surface area contributed by atoms with Crippen LogP contribution in [0.15, 0.2) is 36.1 Å². The van der Waals surface area contributed by atoms with E-state index in [0.717, 1.165) is 40.5 Å². The lowest BCUT2D eigenvalue weighted by Gasteiger charge is -2.36. The number of morpholine rings is 1. The van der Waals surface area contributed by atoms with Crippen LogP contribution >= 0.6 is 11.3 Å². The van der Waals surface area contributed by atoms with Crippen LogP contribution in [0.25, 0.3) is 10.2 Å². The molecule has 3 aromatic rings.